The average Bonchev–Trinajstić information content (AvgIpc) is 2.71. The Morgan fingerprint density at radius 1 is 1.23 bits per heavy atom. The molecule has 1 aliphatic rings. The van der Waals surface area contributed by atoms with Crippen LogP contribution in [-0.2, 0) is 14.8 Å². The number of halogens is 1. The Balaban J connectivity index is 1.61. The lowest BCUT2D eigenvalue weighted by molar-refractivity contribution is -0.895. The molecule has 2 N–H and O–H groups in total. The van der Waals surface area contributed by atoms with E-state index in [1.54, 1.807) is 12.1 Å². The number of hydrogen-bond acceptors (Lipinski definition) is 5. The van der Waals surface area contributed by atoms with Crippen LogP contribution in [0.1, 0.15) is 5.56 Å². The summed E-state index contributed by atoms with van der Waals surface area (Å²) in [4.78, 5) is 23.5. The van der Waals surface area contributed by atoms with Crippen LogP contribution in [0.25, 0.3) is 0 Å². The first-order valence-corrected chi connectivity index (χ1v) is 11.1. The van der Waals surface area contributed by atoms with Gasteiger partial charge < -0.3 is 10.2 Å². The summed E-state index contributed by atoms with van der Waals surface area (Å²) in [5.74, 6) is -0.189. The van der Waals surface area contributed by atoms with Crippen molar-refractivity contribution in [3.63, 3.8) is 0 Å². The Morgan fingerprint density at radius 2 is 1.90 bits per heavy atom. The number of nitro groups is 1. The van der Waals surface area contributed by atoms with Crippen LogP contribution in [-0.4, -0.2) is 56.3 Å². The van der Waals surface area contributed by atoms with Crippen LogP contribution in [0.2, 0.25) is 5.02 Å². The first-order chi connectivity index (χ1) is 14.2. The third-order valence-electron chi connectivity index (χ3n) is 4.99. The van der Waals surface area contributed by atoms with Crippen LogP contribution in [0, 0.1) is 17.0 Å². The number of carbonyl (C=O) groups excluding carboxylic acids is 1. The predicted octanol–water partition coefficient (Wildman–Crippen LogP) is 1.08. The second kappa shape index (κ2) is 9.09. The Kier molecular flexibility index (Phi) is 6.71. The van der Waals surface area contributed by atoms with Gasteiger partial charge in [-0.15, -0.1) is 0 Å². The quantitative estimate of drug-likeness (QED) is 0.502. The van der Waals surface area contributed by atoms with E-state index in [9.17, 15) is 23.3 Å². The van der Waals surface area contributed by atoms with Crippen molar-refractivity contribution in [2.24, 2.45) is 0 Å². The highest BCUT2D eigenvalue weighted by molar-refractivity contribution is 7.89. The first-order valence-electron chi connectivity index (χ1n) is 9.31. The van der Waals surface area contributed by atoms with E-state index >= 15 is 0 Å². The van der Waals surface area contributed by atoms with Gasteiger partial charge in [0.2, 0.25) is 10.0 Å². The Hall–Kier alpha value is -2.53. The number of amides is 1. The van der Waals surface area contributed by atoms with Gasteiger partial charge in [-0.25, -0.2) is 8.42 Å². The molecular formula is C19H22ClN4O5S+. The highest BCUT2D eigenvalue weighted by Gasteiger charge is 2.35. The van der Waals surface area contributed by atoms with E-state index in [1.807, 2.05) is 13.0 Å². The van der Waals surface area contributed by atoms with Crippen LogP contribution < -0.4 is 10.2 Å². The summed E-state index contributed by atoms with van der Waals surface area (Å²) in [7, 11) is -3.99. The monoisotopic (exact) mass is 453 g/mol. The van der Waals surface area contributed by atoms with Crippen molar-refractivity contribution in [2.45, 2.75) is 11.8 Å². The molecule has 2 aromatic carbocycles. The molecule has 0 radical (unpaired) electrons. The number of carbonyl (C=O) groups is 1. The minimum Gasteiger partial charge on any atom is -0.325 e. The summed E-state index contributed by atoms with van der Waals surface area (Å²) >= 11 is 5.97. The van der Waals surface area contributed by atoms with Gasteiger partial charge in [0, 0.05) is 16.8 Å². The molecule has 3 rings (SSSR count). The van der Waals surface area contributed by atoms with Crippen LogP contribution in [0.15, 0.2) is 47.4 Å². The maximum atomic E-state index is 12.9. The second-order valence-corrected chi connectivity index (χ2v) is 9.41. The SMILES string of the molecule is Cc1ccc(Cl)cc1NC(=O)C[NH+]1CCN(S(=O)(=O)c2ccccc2[N+](=O)[O-])CC1. The lowest BCUT2D eigenvalue weighted by Gasteiger charge is -2.31. The molecule has 1 aliphatic heterocycles. The van der Waals surface area contributed by atoms with E-state index in [0.717, 1.165) is 10.5 Å². The van der Waals surface area contributed by atoms with E-state index < -0.39 is 20.6 Å². The van der Waals surface area contributed by atoms with Crippen LogP contribution in [0.3, 0.4) is 0 Å². The summed E-state index contributed by atoms with van der Waals surface area (Å²) < 4.78 is 27.0. The first kappa shape index (κ1) is 22.2. The zero-order chi connectivity index (χ0) is 21.9. The van der Waals surface area contributed by atoms with Gasteiger partial charge in [0.1, 0.15) is 0 Å². The number of sulfonamides is 1. The number of nitro benzene ring substituents is 1. The zero-order valence-electron chi connectivity index (χ0n) is 16.3. The molecule has 0 saturated carbocycles. The minimum atomic E-state index is -3.99. The van der Waals surface area contributed by atoms with Gasteiger partial charge in [-0.05, 0) is 30.7 Å². The molecule has 0 unspecified atom stereocenters. The molecule has 0 bridgehead atoms. The number of nitrogens with zero attached hydrogens (tertiary/aromatic N) is 2. The number of piperazine rings is 1. The molecule has 1 saturated heterocycles. The third-order valence-corrected chi connectivity index (χ3v) is 7.17. The fourth-order valence-corrected chi connectivity index (χ4v) is 5.11. The molecule has 160 valence electrons. The highest BCUT2D eigenvalue weighted by Crippen LogP contribution is 2.26. The molecule has 0 aliphatic carbocycles. The summed E-state index contributed by atoms with van der Waals surface area (Å²) in [6.07, 6.45) is 0. The van der Waals surface area contributed by atoms with Gasteiger partial charge in [0.15, 0.2) is 11.4 Å². The number of para-hydroxylation sites is 1. The van der Waals surface area contributed by atoms with Crippen molar-refractivity contribution in [3.8, 4) is 0 Å². The van der Waals surface area contributed by atoms with Crippen molar-refractivity contribution < 1.29 is 23.0 Å². The summed E-state index contributed by atoms with van der Waals surface area (Å²) in [5, 5.41) is 14.5. The molecule has 1 fully saturated rings. The molecule has 30 heavy (non-hydrogen) atoms. The van der Waals surface area contributed by atoms with Crippen LogP contribution in [0.4, 0.5) is 11.4 Å². The van der Waals surface area contributed by atoms with E-state index in [-0.39, 0.29) is 30.4 Å². The lowest BCUT2D eigenvalue weighted by atomic mass is 10.2. The van der Waals surface area contributed by atoms with Crippen molar-refractivity contribution in [1.82, 2.24) is 4.31 Å². The van der Waals surface area contributed by atoms with Crippen molar-refractivity contribution in [3.05, 3.63) is 63.2 Å². The molecule has 1 amide bonds. The lowest BCUT2D eigenvalue weighted by Crippen LogP contribution is -3.15. The number of quaternary nitrogens is 1. The van der Waals surface area contributed by atoms with Crippen LogP contribution in [0.5, 0.6) is 0 Å². The molecule has 1 heterocycles. The number of aryl methyl sites for hydroxylation is 1. The molecule has 0 aromatic heterocycles. The van der Waals surface area contributed by atoms with Gasteiger partial charge in [0.25, 0.3) is 11.6 Å². The summed E-state index contributed by atoms with van der Waals surface area (Å²) in [6, 6.07) is 10.6. The Morgan fingerprint density at radius 3 is 2.57 bits per heavy atom. The van der Waals surface area contributed by atoms with Gasteiger partial charge in [0.05, 0.1) is 31.1 Å². The second-order valence-electron chi connectivity index (χ2n) is 7.06. The van der Waals surface area contributed by atoms with Crippen molar-refractivity contribution in [2.75, 3.05) is 38.0 Å². The molecule has 11 heteroatoms. The fraction of sp³-hybridized carbons (Fsp3) is 0.316. The van der Waals surface area contributed by atoms with Gasteiger partial charge in [-0.3, -0.25) is 14.9 Å². The van der Waals surface area contributed by atoms with Crippen LogP contribution >= 0.6 is 11.6 Å². The maximum Gasteiger partial charge on any atom is 0.289 e. The maximum absolute atomic E-state index is 12.9. The largest absolute Gasteiger partial charge is 0.325 e. The minimum absolute atomic E-state index is 0.174. The van der Waals surface area contributed by atoms with E-state index in [1.165, 1.54) is 28.6 Å². The number of rotatable bonds is 6. The van der Waals surface area contributed by atoms with E-state index in [4.69, 9.17) is 11.6 Å². The van der Waals surface area contributed by atoms with Crippen molar-refractivity contribution in [1.29, 1.82) is 0 Å². The number of anilines is 1. The standard InChI is InChI=1S/C19H21ClN4O5S/c1-14-6-7-15(20)12-16(14)21-19(25)13-22-8-10-23(11-9-22)30(28,29)18-5-3-2-4-17(18)24(26)27/h2-7,12H,8-11,13H2,1H3,(H,21,25)/p+1. The predicted molar refractivity (Wildman–Crippen MR) is 112 cm³/mol. The normalized spacial score (nSPS) is 15.7. The number of nitrogens with one attached hydrogen (secondary N) is 2. The highest BCUT2D eigenvalue weighted by atomic mass is 35.5. The Labute approximate surface area is 179 Å². The summed E-state index contributed by atoms with van der Waals surface area (Å²) in [5.41, 5.74) is 1.09. The van der Waals surface area contributed by atoms with E-state index in [0.29, 0.717) is 23.8 Å². The van der Waals surface area contributed by atoms with Gasteiger partial charge in [-0.2, -0.15) is 4.31 Å². The summed E-state index contributed by atoms with van der Waals surface area (Å²) in [6.45, 7) is 3.24. The molecule has 9 nitrogen and oxygen atoms in total. The molecule has 0 spiro atoms. The van der Waals surface area contributed by atoms with Gasteiger partial charge in [-0.1, -0.05) is 29.8 Å². The molecule has 0 atom stereocenters. The Bertz CT molecular complexity index is 1070. The van der Waals surface area contributed by atoms with Crippen molar-refractivity contribution >= 4 is 38.9 Å². The molecular weight excluding hydrogens is 432 g/mol. The average molecular weight is 454 g/mol. The fourth-order valence-electron chi connectivity index (χ4n) is 3.34. The van der Waals surface area contributed by atoms with Gasteiger partial charge >= 0.3 is 0 Å². The number of hydrogen-bond donors (Lipinski definition) is 2. The zero-order valence-corrected chi connectivity index (χ0v) is 17.9. The van der Waals surface area contributed by atoms with E-state index in [2.05, 4.69) is 5.32 Å². The topological polar surface area (TPSA) is 114 Å². The smallest absolute Gasteiger partial charge is 0.289 e. The third kappa shape index (κ3) is 4.96. The molecule has 2 aromatic rings. The number of benzene rings is 2.